The lowest BCUT2D eigenvalue weighted by Crippen LogP contribution is -2.38. The van der Waals surface area contributed by atoms with Crippen LogP contribution in [0.4, 0.5) is 5.69 Å². The van der Waals surface area contributed by atoms with E-state index in [1.165, 1.54) is 22.2 Å². The average molecular weight is 395 g/mol. The Kier molecular flexibility index (Phi) is 3.86. The maximum atomic E-state index is 12.9. The minimum Gasteiger partial charge on any atom is -0.347 e. The van der Waals surface area contributed by atoms with Crippen LogP contribution in [-0.2, 0) is 41.1 Å². The summed E-state index contributed by atoms with van der Waals surface area (Å²) >= 11 is 0. The highest BCUT2D eigenvalue weighted by molar-refractivity contribution is 7.89. The first-order chi connectivity index (χ1) is 13.4. The first-order valence-corrected chi connectivity index (χ1v) is 10.9. The van der Waals surface area contributed by atoms with Crippen molar-refractivity contribution in [1.82, 2.24) is 9.29 Å². The lowest BCUT2D eigenvalue weighted by molar-refractivity contribution is -0.115. The number of sulfonamides is 1. The Morgan fingerprint density at radius 1 is 1.18 bits per heavy atom. The van der Waals surface area contributed by atoms with Gasteiger partial charge in [-0.15, -0.1) is 0 Å². The van der Waals surface area contributed by atoms with Crippen molar-refractivity contribution in [3.05, 3.63) is 59.3 Å². The standard InChI is InChI=1S/C21H21N3O3S/c1-24-19-5-3-2-4-16(19)17-12-14(6-9-20(17)24)23-28(26,27)15-7-8-18-13(10-15)11-21(25)22-18/h2-5,7-8,10,14,23H,6,9,11-12H2,1H3,(H,22,25). The van der Waals surface area contributed by atoms with Crippen molar-refractivity contribution in [2.45, 2.75) is 36.6 Å². The van der Waals surface area contributed by atoms with Crippen molar-refractivity contribution in [2.75, 3.05) is 5.32 Å². The molecule has 144 valence electrons. The summed E-state index contributed by atoms with van der Waals surface area (Å²) in [5, 5.41) is 3.93. The molecule has 1 aromatic heterocycles. The second-order valence-corrected chi connectivity index (χ2v) is 9.32. The first-order valence-electron chi connectivity index (χ1n) is 9.42. The van der Waals surface area contributed by atoms with Gasteiger partial charge in [-0.3, -0.25) is 4.79 Å². The van der Waals surface area contributed by atoms with Crippen molar-refractivity contribution < 1.29 is 13.2 Å². The Bertz CT molecular complexity index is 1230. The zero-order chi connectivity index (χ0) is 19.5. The summed E-state index contributed by atoms with van der Waals surface area (Å²) in [5.41, 5.74) is 5.14. The molecule has 2 N–H and O–H groups in total. The predicted octanol–water partition coefficient (Wildman–Crippen LogP) is 2.51. The molecule has 0 spiro atoms. The SMILES string of the molecule is Cn1c2c(c3ccccc31)CC(NS(=O)(=O)c1ccc3c(c1)CC(=O)N3)CC2. The van der Waals surface area contributed by atoms with Crippen LogP contribution in [-0.4, -0.2) is 24.9 Å². The number of benzene rings is 2. The Morgan fingerprint density at radius 3 is 2.86 bits per heavy atom. The first kappa shape index (κ1) is 17.5. The van der Waals surface area contributed by atoms with Gasteiger partial charge in [-0.05, 0) is 54.7 Å². The van der Waals surface area contributed by atoms with E-state index >= 15 is 0 Å². The smallest absolute Gasteiger partial charge is 0.240 e. The number of carbonyl (C=O) groups excluding carboxylic acids is 1. The summed E-state index contributed by atoms with van der Waals surface area (Å²) in [5.74, 6) is -0.103. The molecule has 28 heavy (non-hydrogen) atoms. The molecule has 7 heteroatoms. The van der Waals surface area contributed by atoms with Gasteiger partial charge < -0.3 is 9.88 Å². The topological polar surface area (TPSA) is 80.2 Å². The number of anilines is 1. The van der Waals surface area contributed by atoms with E-state index in [0.29, 0.717) is 12.1 Å². The summed E-state index contributed by atoms with van der Waals surface area (Å²) in [4.78, 5) is 11.7. The Hall–Kier alpha value is -2.64. The molecule has 1 aliphatic carbocycles. The highest BCUT2D eigenvalue weighted by Gasteiger charge is 2.29. The molecular formula is C21H21N3O3S. The van der Waals surface area contributed by atoms with Gasteiger partial charge in [0.05, 0.1) is 11.3 Å². The highest BCUT2D eigenvalue weighted by atomic mass is 32.2. The van der Waals surface area contributed by atoms with Crippen LogP contribution in [0.3, 0.4) is 0 Å². The van der Waals surface area contributed by atoms with Gasteiger partial charge >= 0.3 is 0 Å². The molecule has 0 bridgehead atoms. The fourth-order valence-corrected chi connectivity index (χ4v) is 5.81. The number of aryl methyl sites for hydroxylation is 1. The summed E-state index contributed by atoms with van der Waals surface area (Å²) in [6.07, 6.45) is 2.51. The van der Waals surface area contributed by atoms with E-state index in [2.05, 4.69) is 33.8 Å². The summed E-state index contributed by atoms with van der Waals surface area (Å²) < 4.78 is 31.0. The number of aromatic nitrogens is 1. The van der Waals surface area contributed by atoms with E-state index in [1.54, 1.807) is 18.2 Å². The number of nitrogens with one attached hydrogen (secondary N) is 2. The van der Waals surface area contributed by atoms with E-state index in [4.69, 9.17) is 0 Å². The van der Waals surface area contributed by atoms with Crippen LogP contribution in [0.15, 0.2) is 47.4 Å². The summed E-state index contributed by atoms with van der Waals surface area (Å²) in [6.45, 7) is 0. The summed E-state index contributed by atoms with van der Waals surface area (Å²) in [7, 11) is -1.57. The minimum absolute atomic E-state index is 0.103. The third-order valence-corrected chi connectivity index (χ3v) is 7.38. The number of carbonyl (C=O) groups is 1. The molecule has 2 heterocycles. The van der Waals surface area contributed by atoms with E-state index in [-0.39, 0.29) is 23.3 Å². The number of nitrogens with zero attached hydrogens (tertiary/aromatic N) is 1. The maximum Gasteiger partial charge on any atom is 0.240 e. The quantitative estimate of drug-likeness (QED) is 0.715. The molecule has 1 atom stereocenters. The van der Waals surface area contributed by atoms with Crippen molar-refractivity contribution in [3.8, 4) is 0 Å². The molecule has 0 fully saturated rings. The second kappa shape index (κ2) is 6.18. The van der Waals surface area contributed by atoms with Crippen molar-refractivity contribution in [1.29, 1.82) is 0 Å². The third kappa shape index (κ3) is 2.73. The number of hydrogen-bond donors (Lipinski definition) is 2. The minimum atomic E-state index is -3.64. The van der Waals surface area contributed by atoms with Gasteiger partial charge in [0.1, 0.15) is 0 Å². The van der Waals surface area contributed by atoms with Gasteiger partial charge in [0.25, 0.3) is 0 Å². The number of rotatable bonds is 3. The van der Waals surface area contributed by atoms with Gasteiger partial charge in [0, 0.05) is 35.4 Å². The molecule has 6 nitrogen and oxygen atoms in total. The van der Waals surface area contributed by atoms with Crippen molar-refractivity contribution in [3.63, 3.8) is 0 Å². The Balaban J connectivity index is 1.42. The fraction of sp³-hybridized carbons (Fsp3) is 0.286. The Labute approximate surface area is 163 Å². The monoisotopic (exact) mass is 395 g/mol. The number of fused-ring (bicyclic) bond motifs is 4. The van der Waals surface area contributed by atoms with E-state index in [0.717, 1.165) is 18.4 Å². The third-order valence-electron chi connectivity index (χ3n) is 5.86. The fourth-order valence-electron chi connectivity index (χ4n) is 4.49. The lowest BCUT2D eigenvalue weighted by atomic mass is 9.92. The summed E-state index contributed by atoms with van der Waals surface area (Å²) in [6, 6.07) is 12.9. The van der Waals surface area contributed by atoms with Crippen molar-refractivity contribution >= 4 is 32.5 Å². The molecule has 5 rings (SSSR count). The second-order valence-electron chi connectivity index (χ2n) is 7.61. The van der Waals surface area contributed by atoms with Crippen LogP contribution < -0.4 is 10.0 Å². The molecule has 2 aliphatic rings. The normalized spacial score (nSPS) is 18.8. The van der Waals surface area contributed by atoms with Crippen LogP contribution in [0.1, 0.15) is 23.2 Å². The van der Waals surface area contributed by atoms with E-state index < -0.39 is 10.0 Å². The van der Waals surface area contributed by atoms with Crippen LogP contribution in [0.5, 0.6) is 0 Å². The van der Waals surface area contributed by atoms with Gasteiger partial charge in [-0.1, -0.05) is 18.2 Å². The largest absolute Gasteiger partial charge is 0.347 e. The number of hydrogen-bond acceptors (Lipinski definition) is 3. The van der Waals surface area contributed by atoms with Crippen LogP contribution >= 0.6 is 0 Å². The molecule has 0 saturated heterocycles. The molecular weight excluding hydrogens is 374 g/mol. The molecule has 2 aromatic carbocycles. The molecule has 0 radical (unpaired) electrons. The van der Waals surface area contributed by atoms with Crippen LogP contribution in [0, 0.1) is 0 Å². The highest BCUT2D eigenvalue weighted by Crippen LogP contribution is 2.32. The number of para-hydroxylation sites is 1. The van der Waals surface area contributed by atoms with E-state index in [9.17, 15) is 13.2 Å². The van der Waals surface area contributed by atoms with Gasteiger partial charge in [-0.2, -0.15) is 0 Å². The number of amides is 1. The molecule has 3 aromatic rings. The Morgan fingerprint density at radius 2 is 2.00 bits per heavy atom. The lowest BCUT2D eigenvalue weighted by Gasteiger charge is -2.24. The molecule has 1 amide bonds. The van der Waals surface area contributed by atoms with E-state index in [1.807, 2.05) is 12.1 Å². The maximum absolute atomic E-state index is 12.9. The van der Waals surface area contributed by atoms with Crippen LogP contribution in [0.25, 0.3) is 10.9 Å². The van der Waals surface area contributed by atoms with Crippen molar-refractivity contribution in [2.24, 2.45) is 7.05 Å². The van der Waals surface area contributed by atoms with Gasteiger partial charge in [0.15, 0.2) is 0 Å². The zero-order valence-electron chi connectivity index (χ0n) is 15.5. The van der Waals surface area contributed by atoms with Crippen LogP contribution in [0.2, 0.25) is 0 Å². The van der Waals surface area contributed by atoms with Gasteiger partial charge in [-0.25, -0.2) is 13.1 Å². The molecule has 1 unspecified atom stereocenters. The molecule has 1 aliphatic heterocycles. The molecule has 0 saturated carbocycles. The zero-order valence-corrected chi connectivity index (χ0v) is 16.3. The van der Waals surface area contributed by atoms with Gasteiger partial charge in [0.2, 0.25) is 15.9 Å². The average Bonchev–Trinajstić information content (AvgIpc) is 3.18. The predicted molar refractivity (Wildman–Crippen MR) is 108 cm³/mol.